The van der Waals surface area contributed by atoms with Crippen molar-refractivity contribution in [2.45, 2.75) is 0 Å². The van der Waals surface area contributed by atoms with Gasteiger partial charge < -0.3 is 0 Å². The third kappa shape index (κ3) is 8.82. The van der Waals surface area contributed by atoms with E-state index >= 15 is 0 Å². The molecule has 0 saturated carbocycles. The number of rotatable bonds is 0. The Morgan fingerprint density at radius 3 is 1.25 bits per heavy atom. The molecular weight excluding hydrogens is 322 g/mol. The first-order valence-corrected chi connectivity index (χ1v) is 3.67. The zero-order valence-electron chi connectivity index (χ0n) is 1.99. The standard InChI is InChI=1S/Ag.Cd.Ga.S. The van der Waals surface area contributed by atoms with Crippen LogP contribution >= 0.6 is 10.1 Å². The summed E-state index contributed by atoms with van der Waals surface area (Å²) in [4.78, 5) is 0. The predicted octanol–water partition coefficient (Wildman–Crippen LogP) is 0.262. The van der Waals surface area contributed by atoms with E-state index in [2.05, 4.69) is 10.1 Å². The summed E-state index contributed by atoms with van der Waals surface area (Å²) in [6.07, 6.45) is 0. The van der Waals surface area contributed by atoms with Crippen molar-refractivity contribution in [1.82, 2.24) is 0 Å². The molecule has 2 radical (unpaired) electrons. The fourth-order valence-corrected chi connectivity index (χ4v) is 0. The minimum absolute atomic E-state index is 0. The van der Waals surface area contributed by atoms with Gasteiger partial charge in [0, 0.05) is 49.7 Å². The van der Waals surface area contributed by atoms with Gasteiger partial charge in [0.1, 0.15) is 0 Å². The van der Waals surface area contributed by atoms with Crippen molar-refractivity contribution >= 4 is 26.9 Å². The van der Waals surface area contributed by atoms with Gasteiger partial charge in [-0.3, -0.25) is 0 Å². The van der Waals surface area contributed by atoms with Gasteiger partial charge in [0.15, 0.2) is 0 Å². The Morgan fingerprint density at radius 2 is 1.25 bits per heavy atom. The average molecular weight is 322 g/mol. The van der Waals surface area contributed by atoms with Gasteiger partial charge in [-0.1, -0.05) is 0 Å². The second-order valence-corrected chi connectivity index (χ2v) is 0. The fraction of sp³-hybridized carbons (Fsp3) is 0. The third-order valence-electron chi connectivity index (χ3n) is 0. The van der Waals surface area contributed by atoms with Gasteiger partial charge in [-0.2, -0.15) is 0 Å². The van der Waals surface area contributed by atoms with Crippen LogP contribution in [-0.2, 0) is 49.7 Å². The first-order chi connectivity index (χ1) is 1.00. The van der Waals surface area contributed by atoms with Gasteiger partial charge in [0.2, 0.25) is 0 Å². The van der Waals surface area contributed by atoms with Crippen LogP contribution in [0.1, 0.15) is 0 Å². The fourth-order valence-electron chi connectivity index (χ4n) is 0. The molecular formula is AgCdGaS. The van der Waals surface area contributed by atoms with E-state index in [4.69, 9.17) is 0 Å². The van der Waals surface area contributed by atoms with E-state index in [0.29, 0.717) is 0 Å². The molecule has 4 heavy (non-hydrogen) atoms. The molecule has 0 nitrogen and oxygen atoms in total. The molecule has 0 aliphatic heterocycles. The summed E-state index contributed by atoms with van der Waals surface area (Å²) in [7, 11) is 4.15. The van der Waals surface area contributed by atoms with Gasteiger partial charge in [-0.05, 0) is 0 Å². The predicted molar refractivity (Wildman–Crippen MR) is 13.3 cm³/mol. The van der Waals surface area contributed by atoms with Crippen molar-refractivity contribution in [3.63, 3.8) is 0 Å². The molecule has 0 aromatic heterocycles. The maximum atomic E-state index is 4.15. The van der Waals surface area contributed by atoms with Gasteiger partial charge in [0.05, 0.1) is 0 Å². The summed E-state index contributed by atoms with van der Waals surface area (Å²) in [5.41, 5.74) is 0. The summed E-state index contributed by atoms with van der Waals surface area (Å²) in [6, 6.07) is 0. The quantitative estimate of drug-likeness (QED) is 0.577. The number of hydrogen-bond acceptors (Lipinski definition) is 1. The van der Waals surface area contributed by atoms with Crippen molar-refractivity contribution in [1.29, 1.82) is 0 Å². The van der Waals surface area contributed by atoms with Gasteiger partial charge >= 0.3 is 26.9 Å². The molecule has 0 aliphatic rings. The molecule has 0 aromatic rings. The van der Waals surface area contributed by atoms with Crippen LogP contribution in [0.3, 0.4) is 0 Å². The van der Waals surface area contributed by atoms with Crippen molar-refractivity contribution in [2.24, 2.45) is 0 Å². The third-order valence-corrected chi connectivity index (χ3v) is 0. The molecule has 0 amide bonds. The van der Waals surface area contributed by atoms with Gasteiger partial charge in [-0.15, -0.1) is 0 Å². The van der Waals surface area contributed by atoms with Crippen LogP contribution in [0.2, 0.25) is 0 Å². The molecule has 0 bridgehead atoms. The molecule has 0 rings (SSSR count). The van der Waals surface area contributed by atoms with E-state index in [0.717, 1.165) is 0 Å². The normalized spacial score (nSPS) is 0.750. The Labute approximate surface area is 75.3 Å². The molecule has 4 heteroatoms. The summed E-state index contributed by atoms with van der Waals surface area (Å²) >= 11 is 1.27. The molecule has 0 atom stereocenters. The Balaban J connectivity index is -0.00000000500. The Hall–Kier alpha value is 2.52. The topological polar surface area (TPSA) is 0 Å². The molecule has 22 valence electrons. The van der Waals surface area contributed by atoms with E-state index in [9.17, 15) is 0 Å². The monoisotopic (exact) mass is 322 g/mol. The van der Waals surface area contributed by atoms with Crippen molar-refractivity contribution < 1.29 is 49.7 Å². The van der Waals surface area contributed by atoms with Crippen LogP contribution in [0.15, 0.2) is 0 Å². The Kier molecular flexibility index (Phi) is 71.2. The van der Waals surface area contributed by atoms with Crippen molar-refractivity contribution in [3.05, 3.63) is 0 Å². The van der Waals surface area contributed by atoms with Crippen LogP contribution in [-0.4, -0.2) is 16.8 Å². The van der Waals surface area contributed by atoms with E-state index in [-0.39, 0.29) is 49.7 Å². The van der Waals surface area contributed by atoms with E-state index in [1.807, 2.05) is 0 Å². The molecule has 0 aromatic carbocycles. The first-order valence-electron chi connectivity index (χ1n) is 0.236. The van der Waals surface area contributed by atoms with Crippen LogP contribution in [0, 0.1) is 0 Å². The van der Waals surface area contributed by atoms with Crippen LogP contribution in [0.25, 0.3) is 0 Å². The minimum atomic E-state index is 0. The van der Waals surface area contributed by atoms with Crippen molar-refractivity contribution in [3.8, 4) is 0 Å². The van der Waals surface area contributed by atoms with Gasteiger partial charge in [-0.25, -0.2) is 0 Å². The zero-order valence-corrected chi connectivity index (χ0v) is 10.8. The average Bonchev–Trinajstić information content (AvgIpc) is 1.00. The van der Waals surface area contributed by atoms with Crippen molar-refractivity contribution in [2.75, 3.05) is 0 Å². The Morgan fingerprint density at radius 1 is 1.25 bits per heavy atom. The van der Waals surface area contributed by atoms with E-state index in [1.165, 1.54) is 16.8 Å². The SMILES string of the molecule is [Ag].[Cd].[S]=[Ga]. The molecule has 0 fully saturated rings. The molecule has 0 saturated heterocycles. The summed E-state index contributed by atoms with van der Waals surface area (Å²) < 4.78 is 0. The molecule has 0 spiro atoms. The van der Waals surface area contributed by atoms with Crippen LogP contribution in [0.5, 0.6) is 0 Å². The summed E-state index contributed by atoms with van der Waals surface area (Å²) in [5.74, 6) is 0. The van der Waals surface area contributed by atoms with E-state index in [1.54, 1.807) is 0 Å². The first kappa shape index (κ1) is 16.0. The Bertz CT molecular complexity index is 8.00. The second kappa shape index (κ2) is 17.8. The van der Waals surface area contributed by atoms with Crippen LogP contribution in [0.4, 0.5) is 0 Å². The zero-order chi connectivity index (χ0) is 2.00. The molecule has 0 aliphatic carbocycles. The van der Waals surface area contributed by atoms with Gasteiger partial charge in [0.25, 0.3) is 0 Å². The van der Waals surface area contributed by atoms with E-state index < -0.39 is 0 Å². The molecule has 0 N–H and O–H groups in total. The van der Waals surface area contributed by atoms with Crippen LogP contribution < -0.4 is 0 Å². The summed E-state index contributed by atoms with van der Waals surface area (Å²) in [6.45, 7) is 0. The molecule has 0 heterocycles. The molecule has 0 unspecified atom stereocenters. The second-order valence-electron chi connectivity index (χ2n) is 0. The maximum absolute atomic E-state index is 4.15. The summed E-state index contributed by atoms with van der Waals surface area (Å²) in [5, 5.41) is 0. The number of hydrogen-bond donors (Lipinski definition) is 0.